The fraction of sp³-hybridized carbons (Fsp3) is 0.467. The largest absolute Gasteiger partial charge is 0.305 e. The van der Waals surface area contributed by atoms with Crippen molar-refractivity contribution in [2.24, 2.45) is 0 Å². The second kappa shape index (κ2) is 7.36. The number of hydrogen-bond donors (Lipinski definition) is 1. The van der Waals surface area contributed by atoms with Crippen molar-refractivity contribution in [2.75, 3.05) is 6.54 Å². The maximum atomic E-state index is 3.98. The lowest BCUT2D eigenvalue weighted by Gasteiger charge is -2.17. The zero-order valence-electron chi connectivity index (χ0n) is 11.6. The Bertz CT molecular complexity index is 465. The summed E-state index contributed by atoms with van der Waals surface area (Å²) in [5.41, 5.74) is 2.70. The van der Waals surface area contributed by atoms with Gasteiger partial charge < -0.3 is 5.32 Å². The molecule has 19 heavy (non-hydrogen) atoms. The van der Waals surface area contributed by atoms with Crippen LogP contribution in [0.3, 0.4) is 0 Å². The van der Waals surface area contributed by atoms with E-state index in [1.165, 1.54) is 34.0 Å². The number of nitrogens with zero attached hydrogens (tertiary/aromatic N) is 2. The predicted molar refractivity (Wildman–Crippen MR) is 80.5 cm³/mol. The molecule has 2 rings (SSSR count). The van der Waals surface area contributed by atoms with Crippen molar-refractivity contribution in [2.45, 2.75) is 39.2 Å². The summed E-state index contributed by atoms with van der Waals surface area (Å²) in [5.74, 6) is 0. The molecular formula is C15H21N3S. The van der Waals surface area contributed by atoms with E-state index in [9.17, 15) is 0 Å². The first-order valence-electron chi connectivity index (χ1n) is 6.94. The molecule has 0 aliphatic heterocycles. The van der Waals surface area contributed by atoms with Gasteiger partial charge in [0, 0.05) is 0 Å². The highest BCUT2D eigenvalue weighted by molar-refractivity contribution is 7.05. The van der Waals surface area contributed by atoms with Crippen LogP contribution >= 0.6 is 11.5 Å². The topological polar surface area (TPSA) is 37.8 Å². The van der Waals surface area contributed by atoms with Crippen LogP contribution in [0.1, 0.15) is 48.7 Å². The molecule has 4 heteroatoms. The second-order valence-electron chi connectivity index (χ2n) is 4.70. The molecule has 0 radical (unpaired) electrons. The molecule has 2 aromatic rings. The number of rotatable bonds is 7. The molecule has 1 aromatic heterocycles. The molecule has 1 aromatic carbocycles. The monoisotopic (exact) mass is 275 g/mol. The van der Waals surface area contributed by atoms with E-state index in [-0.39, 0.29) is 6.04 Å². The molecule has 0 amide bonds. The molecule has 1 N–H and O–H groups in total. The Morgan fingerprint density at radius 2 is 1.95 bits per heavy atom. The summed E-state index contributed by atoms with van der Waals surface area (Å²) < 4.78 is 3.98. The number of aromatic nitrogens is 2. The third-order valence-electron chi connectivity index (χ3n) is 3.11. The zero-order chi connectivity index (χ0) is 13.5. The molecule has 0 aliphatic rings. The minimum atomic E-state index is 0.218. The molecule has 102 valence electrons. The Hall–Kier alpha value is -1.26. The lowest BCUT2D eigenvalue weighted by atomic mass is 10.0. The highest BCUT2D eigenvalue weighted by Gasteiger charge is 2.15. The zero-order valence-corrected chi connectivity index (χ0v) is 12.4. The van der Waals surface area contributed by atoms with Gasteiger partial charge in [0.15, 0.2) is 0 Å². The lowest BCUT2D eigenvalue weighted by Crippen LogP contribution is -2.22. The molecule has 1 unspecified atom stereocenters. The first-order valence-corrected chi connectivity index (χ1v) is 7.72. The third kappa shape index (κ3) is 3.85. The van der Waals surface area contributed by atoms with Crippen LogP contribution in [0.25, 0.3) is 0 Å². The Morgan fingerprint density at radius 1 is 1.16 bits per heavy atom. The number of hydrogen-bond acceptors (Lipinski definition) is 4. The second-order valence-corrected chi connectivity index (χ2v) is 5.52. The highest BCUT2D eigenvalue weighted by atomic mass is 32.1. The molecule has 0 saturated heterocycles. The highest BCUT2D eigenvalue weighted by Crippen LogP contribution is 2.24. The minimum Gasteiger partial charge on any atom is -0.305 e. The maximum Gasteiger partial charge on any atom is 0.0703 e. The molecule has 1 heterocycles. The van der Waals surface area contributed by atoms with Gasteiger partial charge in [0.05, 0.1) is 17.1 Å². The first kappa shape index (κ1) is 14.2. The maximum absolute atomic E-state index is 3.98. The normalized spacial score (nSPS) is 12.5. The van der Waals surface area contributed by atoms with Crippen LogP contribution in [0.4, 0.5) is 0 Å². The van der Waals surface area contributed by atoms with Gasteiger partial charge in [-0.25, -0.2) is 0 Å². The van der Waals surface area contributed by atoms with Gasteiger partial charge in [0.1, 0.15) is 0 Å². The van der Waals surface area contributed by atoms with Gasteiger partial charge >= 0.3 is 0 Å². The van der Waals surface area contributed by atoms with Crippen molar-refractivity contribution < 1.29 is 0 Å². The summed E-state index contributed by atoms with van der Waals surface area (Å²) >= 11 is 1.47. The van der Waals surface area contributed by atoms with Crippen LogP contribution in [-0.2, 0) is 6.42 Å². The van der Waals surface area contributed by atoms with E-state index in [1.807, 2.05) is 6.20 Å². The van der Waals surface area contributed by atoms with Crippen molar-refractivity contribution >= 4 is 11.5 Å². The van der Waals surface area contributed by atoms with Crippen LogP contribution in [0.5, 0.6) is 0 Å². The molecule has 0 bridgehead atoms. The van der Waals surface area contributed by atoms with E-state index in [1.54, 1.807) is 0 Å². The van der Waals surface area contributed by atoms with Gasteiger partial charge in [0.25, 0.3) is 0 Å². The van der Waals surface area contributed by atoms with Gasteiger partial charge in [-0.3, -0.25) is 0 Å². The average Bonchev–Trinajstić information content (AvgIpc) is 2.95. The van der Waals surface area contributed by atoms with Crippen molar-refractivity contribution in [1.82, 2.24) is 14.9 Å². The van der Waals surface area contributed by atoms with Gasteiger partial charge in [-0.1, -0.05) is 49.0 Å². The number of benzene rings is 1. The molecule has 0 aliphatic carbocycles. The summed E-state index contributed by atoms with van der Waals surface area (Å²) in [6.45, 7) is 5.39. The molecule has 3 nitrogen and oxygen atoms in total. The number of nitrogens with one attached hydrogen (secondary N) is 1. The summed E-state index contributed by atoms with van der Waals surface area (Å²) in [6, 6.07) is 9.12. The Morgan fingerprint density at radius 3 is 2.53 bits per heavy atom. The smallest absolute Gasteiger partial charge is 0.0703 e. The van der Waals surface area contributed by atoms with E-state index >= 15 is 0 Å². The van der Waals surface area contributed by atoms with Crippen molar-refractivity contribution in [1.29, 1.82) is 0 Å². The van der Waals surface area contributed by atoms with Crippen molar-refractivity contribution in [3.63, 3.8) is 0 Å². The Balaban J connectivity index is 2.17. The molecule has 0 fully saturated rings. The van der Waals surface area contributed by atoms with Crippen LogP contribution in [0, 0.1) is 0 Å². The van der Waals surface area contributed by atoms with Gasteiger partial charge in [-0.2, -0.15) is 0 Å². The summed E-state index contributed by atoms with van der Waals surface area (Å²) in [7, 11) is 0. The minimum absolute atomic E-state index is 0.218. The standard InChI is InChI=1S/C15H21N3S/c1-3-5-12-6-8-13(9-7-12)15(16-10-4-2)14-11-17-18-19-14/h6-9,11,15-16H,3-5,10H2,1-2H3. The van der Waals surface area contributed by atoms with E-state index in [0.717, 1.165) is 19.4 Å². The van der Waals surface area contributed by atoms with Crippen LogP contribution in [0.2, 0.25) is 0 Å². The van der Waals surface area contributed by atoms with E-state index in [2.05, 4.69) is 53.0 Å². The summed E-state index contributed by atoms with van der Waals surface area (Å²) in [4.78, 5) is 1.18. The van der Waals surface area contributed by atoms with Gasteiger partial charge in [-0.15, -0.1) is 5.10 Å². The predicted octanol–water partition coefficient (Wildman–Crippen LogP) is 3.58. The van der Waals surface area contributed by atoms with E-state index in [0.29, 0.717) is 0 Å². The molecule has 0 spiro atoms. The van der Waals surface area contributed by atoms with Crippen molar-refractivity contribution in [3.8, 4) is 0 Å². The Labute approximate surface area is 119 Å². The number of aryl methyl sites for hydroxylation is 1. The van der Waals surface area contributed by atoms with Crippen molar-refractivity contribution in [3.05, 3.63) is 46.5 Å². The SMILES string of the molecule is CCCNC(c1ccc(CCC)cc1)c1cnns1. The lowest BCUT2D eigenvalue weighted by molar-refractivity contribution is 0.605. The van der Waals surface area contributed by atoms with E-state index in [4.69, 9.17) is 0 Å². The average molecular weight is 275 g/mol. The molecule has 1 atom stereocenters. The summed E-state index contributed by atoms with van der Waals surface area (Å²) in [6.07, 6.45) is 5.32. The fourth-order valence-electron chi connectivity index (χ4n) is 2.14. The summed E-state index contributed by atoms with van der Waals surface area (Å²) in [5, 5.41) is 7.52. The molecule has 0 saturated carbocycles. The quantitative estimate of drug-likeness (QED) is 0.839. The third-order valence-corrected chi connectivity index (χ3v) is 3.84. The van der Waals surface area contributed by atoms with Crippen LogP contribution in [-0.4, -0.2) is 16.1 Å². The van der Waals surface area contributed by atoms with Gasteiger partial charge in [0.2, 0.25) is 0 Å². The van der Waals surface area contributed by atoms with E-state index < -0.39 is 0 Å². The molecular weight excluding hydrogens is 254 g/mol. The Kier molecular flexibility index (Phi) is 5.48. The van der Waals surface area contributed by atoms with Crippen LogP contribution in [0.15, 0.2) is 30.5 Å². The van der Waals surface area contributed by atoms with Gasteiger partial charge in [-0.05, 0) is 42.0 Å². The first-order chi connectivity index (χ1) is 9.35. The fourth-order valence-corrected chi connectivity index (χ4v) is 2.75. The van der Waals surface area contributed by atoms with Crippen LogP contribution < -0.4 is 5.32 Å².